The average Bonchev–Trinajstić information content (AvgIpc) is 2.34. The molecule has 1 rings (SSSR count). The minimum atomic E-state index is -0.484. The third-order valence-corrected chi connectivity index (χ3v) is 2.60. The lowest BCUT2D eigenvalue weighted by atomic mass is 9.97. The molecule has 4 heteroatoms. The largest absolute Gasteiger partial charge is 0.453 e. The van der Waals surface area contributed by atoms with Gasteiger partial charge in [-0.25, -0.2) is 4.79 Å². The number of alkyl carbamates (subject to hydrolysis) is 1. The molecule has 0 bridgehead atoms. The van der Waals surface area contributed by atoms with Gasteiger partial charge < -0.3 is 10.1 Å². The molecule has 0 aliphatic heterocycles. The SMILES string of the molecule is COC(=O)NCc1cc(C#CC(C)(C)C)ccc1Cl. The summed E-state index contributed by atoms with van der Waals surface area (Å²) in [6.45, 7) is 6.47. The van der Waals surface area contributed by atoms with E-state index in [-0.39, 0.29) is 5.41 Å². The fraction of sp³-hybridized carbons (Fsp3) is 0.400. The summed E-state index contributed by atoms with van der Waals surface area (Å²) in [7, 11) is 1.32. The molecule has 0 aromatic heterocycles. The summed E-state index contributed by atoms with van der Waals surface area (Å²) >= 11 is 6.07. The molecule has 0 saturated carbocycles. The van der Waals surface area contributed by atoms with Crippen LogP contribution in [0.25, 0.3) is 0 Å². The Kier molecular flexibility index (Phi) is 5.26. The van der Waals surface area contributed by atoms with Crippen LogP contribution in [0.15, 0.2) is 18.2 Å². The number of rotatable bonds is 2. The molecule has 1 aromatic rings. The van der Waals surface area contributed by atoms with Crippen LogP contribution in [0.3, 0.4) is 0 Å². The molecular formula is C15H18ClNO2. The maximum absolute atomic E-state index is 11.0. The van der Waals surface area contributed by atoms with E-state index in [1.165, 1.54) is 7.11 Å². The van der Waals surface area contributed by atoms with Crippen LogP contribution in [-0.4, -0.2) is 13.2 Å². The lowest BCUT2D eigenvalue weighted by Gasteiger charge is -2.08. The Morgan fingerprint density at radius 3 is 2.68 bits per heavy atom. The average molecular weight is 280 g/mol. The number of carbonyl (C=O) groups excluding carboxylic acids is 1. The van der Waals surface area contributed by atoms with E-state index in [2.05, 4.69) is 42.7 Å². The number of amides is 1. The first-order valence-corrected chi connectivity index (χ1v) is 6.33. The highest BCUT2D eigenvalue weighted by molar-refractivity contribution is 6.31. The molecule has 0 aliphatic carbocycles. The number of hydrogen-bond donors (Lipinski definition) is 1. The Morgan fingerprint density at radius 2 is 2.11 bits per heavy atom. The molecule has 102 valence electrons. The zero-order valence-electron chi connectivity index (χ0n) is 11.6. The van der Waals surface area contributed by atoms with Crippen molar-refractivity contribution in [2.24, 2.45) is 5.41 Å². The van der Waals surface area contributed by atoms with Crippen molar-refractivity contribution in [2.75, 3.05) is 7.11 Å². The number of halogens is 1. The van der Waals surface area contributed by atoms with E-state index in [4.69, 9.17) is 11.6 Å². The fourth-order valence-corrected chi connectivity index (χ4v) is 1.47. The lowest BCUT2D eigenvalue weighted by molar-refractivity contribution is 0.170. The van der Waals surface area contributed by atoms with Crippen molar-refractivity contribution < 1.29 is 9.53 Å². The van der Waals surface area contributed by atoms with Crippen molar-refractivity contribution in [3.8, 4) is 11.8 Å². The van der Waals surface area contributed by atoms with Crippen molar-refractivity contribution in [3.63, 3.8) is 0 Å². The highest BCUT2D eigenvalue weighted by Gasteiger charge is 2.06. The number of benzene rings is 1. The zero-order chi connectivity index (χ0) is 14.5. The van der Waals surface area contributed by atoms with Gasteiger partial charge in [0.15, 0.2) is 0 Å². The van der Waals surface area contributed by atoms with Crippen LogP contribution in [0, 0.1) is 17.3 Å². The van der Waals surface area contributed by atoms with Gasteiger partial charge in [0.05, 0.1) is 7.11 Å². The van der Waals surface area contributed by atoms with Crippen LogP contribution < -0.4 is 5.32 Å². The molecule has 0 aliphatic rings. The fourth-order valence-electron chi connectivity index (χ4n) is 1.29. The monoisotopic (exact) mass is 279 g/mol. The van der Waals surface area contributed by atoms with Crippen molar-refractivity contribution >= 4 is 17.7 Å². The van der Waals surface area contributed by atoms with Gasteiger partial charge in [-0.3, -0.25) is 0 Å². The Bertz CT molecular complexity index is 521. The molecule has 19 heavy (non-hydrogen) atoms. The van der Waals surface area contributed by atoms with Gasteiger partial charge in [-0.2, -0.15) is 0 Å². The van der Waals surface area contributed by atoms with Crippen LogP contribution in [-0.2, 0) is 11.3 Å². The number of methoxy groups -OCH3 is 1. The van der Waals surface area contributed by atoms with Crippen molar-refractivity contribution in [1.29, 1.82) is 0 Å². The second kappa shape index (κ2) is 6.49. The number of hydrogen-bond acceptors (Lipinski definition) is 2. The molecule has 0 atom stereocenters. The minimum Gasteiger partial charge on any atom is -0.453 e. The van der Waals surface area contributed by atoms with Crippen LogP contribution >= 0.6 is 11.6 Å². The first-order chi connectivity index (χ1) is 8.81. The summed E-state index contributed by atoms with van der Waals surface area (Å²) in [6, 6.07) is 5.52. The van der Waals surface area contributed by atoms with Gasteiger partial charge in [-0.15, -0.1) is 0 Å². The van der Waals surface area contributed by atoms with Gasteiger partial charge in [-0.05, 0) is 44.5 Å². The summed E-state index contributed by atoms with van der Waals surface area (Å²) in [6.07, 6.45) is -0.484. The Labute approximate surface area is 119 Å². The first kappa shape index (κ1) is 15.4. The van der Waals surface area contributed by atoms with Crippen LogP contribution in [0.1, 0.15) is 31.9 Å². The molecule has 0 spiro atoms. The van der Waals surface area contributed by atoms with Gasteiger partial charge in [-0.1, -0.05) is 23.4 Å². The predicted octanol–water partition coefficient (Wildman–Crippen LogP) is 3.59. The number of nitrogens with one attached hydrogen (secondary N) is 1. The van der Waals surface area contributed by atoms with E-state index in [9.17, 15) is 4.79 Å². The molecule has 0 unspecified atom stereocenters. The van der Waals surface area contributed by atoms with Crippen molar-refractivity contribution in [2.45, 2.75) is 27.3 Å². The third kappa shape index (κ3) is 5.67. The van der Waals surface area contributed by atoms with Gasteiger partial charge in [0.1, 0.15) is 0 Å². The van der Waals surface area contributed by atoms with E-state index in [0.717, 1.165) is 11.1 Å². The molecule has 1 aromatic carbocycles. The van der Waals surface area contributed by atoms with Crippen LogP contribution in [0.4, 0.5) is 4.79 Å². The maximum Gasteiger partial charge on any atom is 0.407 e. The Hall–Kier alpha value is -1.66. The Balaban J connectivity index is 2.87. The summed E-state index contributed by atoms with van der Waals surface area (Å²) in [5.41, 5.74) is 1.64. The highest BCUT2D eigenvalue weighted by Crippen LogP contribution is 2.18. The lowest BCUT2D eigenvalue weighted by Crippen LogP contribution is -2.22. The minimum absolute atomic E-state index is 0.0515. The second-order valence-corrected chi connectivity index (χ2v) is 5.56. The second-order valence-electron chi connectivity index (χ2n) is 5.15. The highest BCUT2D eigenvalue weighted by atomic mass is 35.5. The van der Waals surface area contributed by atoms with Gasteiger partial charge in [0.25, 0.3) is 0 Å². The van der Waals surface area contributed by atoms with Crippen LogP contribution in [0.5, 0.6) is 0 Å². The number of ether oxygens (including phenoxy) is 1. The predicted molar refractivity (Wildman–Crippen MR) is 77.0 cm³/mol. The molecule has 3 nitrogen and oxygen atoms in total. The van der Waals surface area contributed by atoms with Crippen molar-refractivity contribution in [1.82, 2.24) is 5.32 Å². The van der Waals surface area contributed by atoms with E-state index < -0.39 is 6.09 Å². The smallest absolute Gasteiger partial charge is 0.407 e. The van der Waals surface area contributed by atoms with E-state index >= 15 is 0 Å². The first-order valence-electron chi connectivity index (χ1n) is 5.95. The molecule has 1 amide bonds. The molecule has 0 fully saturated rings. The molecule has 0 radical (unpaired) electrons. The van der Waals surface area contributed by atoms with E-state index in [0.29, 0.717) is 11.6 Å². The normalized spacial score (nSPS) is 10.4. The van der Waals surface area contributed by atoms with Crippen molar-refractivity contribution in [3.05, 3.63) is 34.3 Å². The van der Waals surface area contributed by atoms with Gasteiger partial charge in [0.2, 0.25) is 0 Å². The van der Waals surface area contributed by atoms with E-state index in [1.807, 2.05) is 12.1 Å². The van der Waals surface area contributed by atoms with Gasteiger partial charge in [0, 0.05) is 22.5 Å². The summed E-state index contributed by atoms with van der Waals surface area (Å²) in [5, 5.41) is 3.19. The summed E-state index contributed by atoms with van der Waals surface area (Å²) in [5.74, 6) is 6.26. The van der Waals surface area contributed by atoms with Gasteiger partial charge >= 0.3 is 6.09 Å². The quantitative estimate of drug-likeness (QED) is 0.840. The number of carbonyl (C=O) groups is 1. The topological polar surface area (TPSA) is 38.3 Å². The van der Waals surface area contributed by atoms with E-state index in [1.54, 1.807) is 6.07 Å². The third-order valence-electron chi connectivity index (χ3n) is 2.24. The van der Waals surface area contributed by atoms with Crippen LogP contribution in [0.2, 0.25) is 5.02 Å². The Morgan fingerprint density at radius 1 is 1.42 bits per heavy atom. The standard InChI is InChI=1S/C15H18ClNO2/c1-15(2,3)8-7-11-5-6-13(16)12(9-11)10-17-14(18)19-4/h5-6,9H,10H2,1-4H3,(H,17,18). The molecule has 0 heterocycles. The summed E-state index contributed by atoms with van der Waals surface area (Å²) in [4.78, 5) is 11.0. The summed E-state index contributed by atoms with van der Waals surface area (Å²) < 4.78 is 4.51. The molecule has 1 N–H and O–H groups in total. The maximum atomic E-state index is 11.0. The molecular weight excluding hydrogens is 262 g/mol. The zero-order valence-corrected chi connectivity index (χ0v) is 12.4. The molecule has 0 saturated heterocycles.